The molecule has 1 saturated heterocycles. The summed E-state index contributed by atoms with van der Waals surface area (Å²) in [6, 6.07) is 5.02. The number of amides is 2. The Balaban J connectivity index is 1.47. The van der Waals surface area contributed by atoms with Crippen LogP contribution in [0.5, 0.6) is 0 Å². The van der Waals surface area contributed by atoms with Gasteiger partial charge in [0, 0.05) is 45.1 Å². The first-order chi connectivity index (χ1) is 12.1. The van der Waals surface area contributed by atoms with E-state index in [1.54, 1.807) is 25.4 Å². The molecule has 1 atom stereocenters. The summed E-state index contributed by atoms with van der Waals surface area (Å²) in [6.07, 6.45) is 6.38. The second-order valence-corrected chi connectivity index (χ2v) is 6.16. The number of hydrogen-bond acceptors (Lipinski definition) is 5. The van der Waals surface area contributed by atoms with Crippen molar-refractivity contribution < 1.29 is 14.0 Å². The van der Waals surface area contributed by atoms with Gasteiger partial charge in [-0.25, -0.2) is 0 Å². The van der Waals surface area contributed by atoms with Crippen LogP contribution < -0.4 is 5.32 Å². The zero-order valence-corrected chi connectivity index (χ0v) is 14.2. The van der Waals surface area contributed by atoms with Gasteiger partial charge in [0.25, 0.3) is 5.91 Å². The van der Waals surface area contributed by atoms with Gasteiger partial charge in [-0.2, -0.15) is 0 Å². The average Bonchev–Trinajstić information content (AvgIpc) is 3.17. The van der Waals surface area contributed by atoms with Gasteiger partial charge in [0.15, 0.2) is 0 Å². The van der Waals surface area contributed by atoms with Crippen molar-refractivity contribution in [3.8, 4) is 0 Å². The molecule has 25 heavy (non-hydrogen) atoms. The molecule has 0 radical (unpaired) electrons. The summed E-state index contributed by atoms with van der Waals surface area (Å²) in [4.78, 5) is 32.7. The molecule has 2 aromatic rings. The lowest BCUT2D eigenvalue weighted by Crippen LogP contribution is -2.53. The number of aromatic nitrogens is 1. The van der Waals surface area contributed by atoms with E-state index in [9.17, 15) is 9.59 Å². The topological polar surface area (TPSA) is 78.7 Å². The van der Waals surface area contributed by atoms with E-state index >= 15 is 0 Å². The minimum atomic E-state index is -0.561. The van der Waals surface area contributed by atoms with E-state index in [2.05, 4.69) is 15.2 Å². The molecule has 1 aliphatic heterocycles. The molecule has 2 amide bonds. The van der Waals surface area contributed by atoms with Crippen LogP contribution in [0, 0.1) is 0 Å². The summed E-state index contributed by atoms with van der Waals surface area (Å²) in [5.41, 5.74) is 1.64. The number of nitrogens with one attached hydrogen (secondary N) is 1. The number of carbonyl (C=O) groups excluding carboxylic acids is 2. The lowest BCUT2D eigenvalue weighted by Gasteiger charge is -2.36. The summed E-state index contributed by atoms with van der Waals surface area (Å²) in [5, 5.41) is 2.72. The number of hydrogen-bond donors (Lipinski definition) is 1. The molecule has 1 fully saturated rings. The Bertz CT molecular complexity index is 694. The summed E-state index contributed by atoms with van der Waals surface area (Å²) in [5.74, 6) is -0.355. The fourth-order valence-corrected chi connectivity index (χ4v) is 2.88. The number of nitrogens with zero attached hydrogens (tertiary/aromatic N) is 3. The molecule has 1 unspecified atom stereocenters. The van der Waals surface area contributed by atoms with E-state index < -0.39 is 6.04 Å². The van der Waals surface area contributed by atoms with E-state index in [4.69, 9.17) is 4.42 Å². The fourth-order valence-electron chi connectivity index (χ4n) is 2.88. The maximum atomic E-state index is 12.5. The van der Waals surface area contributed by atoms with Gasteiger partial charge in [0.2, 0.25) is 5.91 Å². The van der Waals surface area contributed by atoms with E-state index in [0.29, 0.717) is 18.7 Å². The van der Waals surface area contributed by atoms with Crippen molar-refractivity contribution in [1.82, 2.24) is 20.1 Å². The van der Waals surface area contributed by atoms with Crippen LogP contribution in [0.2, 0.25) is 0 Å². The molecule has 0 spiro atoms. The van der Waals surface area contributed by atoms with Crippen molar-refractivity contribution in [1.29, 1.82) is 0 Å². The molecule has 0 aliphatic carbocycles. The zero-order valence-electron chi connectivity index (χ0n) is 14.2. The van der Waals surface area contributed by atoms with Crippen molar-refractivity contribution in [3.63, 3.8) is 0 Å². The molecular formula is C18H22N4O3. The molecule has 132 valence electrons. The first-order valence-electron chi connectivity index (χ1n) is 8.36. The normalized spacial score (nSPS) is 16.4. The third-order valence-corrected chi connectivity index (χ3v) is 4.34. The van der Waals surface area contributed by atoms with Gasteiger partial charge in [0.05, 0.1) is 11.8 Å². The highest BCUT2D eigenvalue weighted by molar-refractivity contribution is 5.97. The maximum absolute atomic E-state index is 12.5. The Morgan fingerprint density at radius 3 is 2.56 bits per heavy atom. The highest BCUT2D eigenvalue weighted by Crippen LogP contribution is 2.09. The van der Waals surface area contributed by atoms with Crippen LogP contribution in [0.1, 0.15) is 22.8 Å². The number of pyridine rings is 1. The Labute approximate surface area is 146 Å². The summed E-state index contributed by atoms with van der Waals surface area (Å²) in [7, 11) is 0. The average molecular weight is 342 g/mol. The first-order valence-corrected chi connectivity index (χ1v) is 8.36. The molecule has 3 heterocycles. The number of rotatable bonds is 5. The maximum Gasteiger partial charge on any atom is 0.255 e. The van der Waals surface area contributed by atoms with E-state index in [1.165, 1.54) is 18.1 Å². The Morgan fingerprint density at radius 1 is 1.20 bits per heavy atom. The second-order valence-electron chi connectivity index (χ2n) is 6.16. The van der Waals surface area contributed by atoms with Crippen molar-refractivity contribution in [2.24, 2.45) is 0 Å². The molecule has 0 saturated carbocycles. The quantitative estimate of drug-likeness (QED) is 0.881. The van der Waals surface area contributed by atoms with Crippen LogP contribution in [0.15, 0.2) is 47.5 Å². The predicted molar refractivity (Wildman–Crippen MR) is 91.7 cm³/mol. The molecule has 3 rings (SSSR count). The number of furan rings is 1. The van der Waals surface area contributed by atoms with E-state index in [1.807, 2.05) is 17.0 Å². The monoisotopic (exact) mass is 342 g/mol. The Hall–Kier alpha value is -2.67. The van der Waals surface area contributed by atoms with Crippen molar-refractivity contribution in [2.45, 2.75) is 19.5 Å². The standard InChI is InChI=1S/C18H22N4O3/c1-14(20-17(23)16-4-11-25-13-16)18(24)22-9-7-21(8-10-22)12-15-2-5-19-6-3-15/h2-6,11,13-14H,7-10,12H2,1H3,(H,20,23). The molecule has 0 bridgehead atoms. The van der Waals surface area contributed by atoms with Crippen molar-refractivity contribution in [3.05, 3.63) is 54.2 Å². The molecule has 7 nitrogen and oxygen atoms in total. The number of piperazine rings is 1. The molecule has 1 N–H and O–H groups in total. The van der Waals surface area contributed by atoms with Crippen LogP contribution in [0.4, 0.5) is 0 Å². The van der Waals surface area contributed by atoms with Gasteiger partial charge in [-0.1, -0.05) is 0 Å². The van der Waals surface area contributed by atoms with Crippen LogP contribution >= 0.6 is 0 Å². The van der Waals surface area contributed by atoms with Gasteiger partial charge in [-0.3, -0.25) is 19.5 Å². The molecule has 0 aromatic carbocycles. The largest absolute Gasteiger partial charge is 0.472 e. The zero-order chi connectivity index (χ0) is 17.6. The van der Waals surface area contributed by atoms with E-state index in [-0.39, 0.29) is 11.8 Å². The SMILES string of the molecule is CC(NC(=O)c1ccoc1)C(=O)N1CCN(Cc2ccncc2)CC1. The van der Waals surface area contributed by atoms with Gasteiger partial charge in [-0.05, 0) is 30.7 Å². The highest BCUT2D eigenvalue weighted by Gasteiger charge is 2.26. The second kappa shape index (κ2) is 7.94. The predicted octanol–water partition coefficient (Wildman–Crippen LogP) is 1.14. The van der Waals surface area contributed by atoms with Gasteiger partial charge < -0.3 is 14.6 Å². The Morgan fingerprint density at radius 2 is 1.92 bits per heavy atom. The van der Waals surface area contributed by atoms with Crippen molar-refractivity contribution >= 4 is 11.8 Å². The Kier molecular flexibility index (Phi) is 5.45. The van der Waals surface area contributed by atoms with Gasteiger partial charge >= 0.3 is 0 Å². The van der Waals surface area contributed by atoms with Crippen molar-refractivity contribution in [2.75, 3.05) is 26.2 Å². The molecular weight excluding hydrogens is 320 g/mol. The molecule has 1 aliphatic rings. The third-order valence-electron chi connectivity index (χ3n) is 4.34. The fraction of sp³-hybridized carbons (Fsp3) is 0.389. The summed E-state index contributed by atoms with van der Waals surface area (Å²) in [6.45, 7) is 5.53. The number of carbonyl (C=O) groups is 2. The minimum absolute atomic E-state index is 0.0552. The minimum Gasteiger partial charge on any atom is -0.472 e. The van der Waals surface area contributed by atoms with Gasteiger partial charge in [0.1, 0.15) is 12.3 Å². The van der Waals surface area contributed by atoms with E-state index in [0.717, 1.165) is 19.6 Å². The third kappa shape index (κ3) is 4.45. The lowest BCUT2D eigenvalue weighted by atomic mass is 10.2. The van der Waals surface area contributed by atoms with Crippen LogP contribution in [0.25, 0.3) is 0 Å². The first kappa shape index (κ1) is 17.2. The summed E-state index contributed by atoms with van der Waals surface area (Å²) >= 11 is 0. The van der Waals surface area contributed by atoms with Gasteiger partial charge in [-0.15, -0.1) is 0 Å². The smallest absolute Gasteiger partial charge is 0.255 e. The van der Waals surface area contributed by atoms with Crippen LogP contribution in [-0.4, -0.2) is 58.8 Å². The molecule has 7 heteroatoms. The lowest BCUT2D eigenvalue weighted by molar-refractivity contribution is -0.134. The van der Waals surface area contributed by atoms with Crippen LogP contribution in [0.3, 0.4) is 0 Å². The van der Waals surface area contributed by atoms with Crippen LogP contribution in [-0.2, 0) is 11.3 Å². The molecule has 2 aromatic heterocycles. The summed E-state index contributed by atoms with van der Waals surface area (Å²) < 4.78 is 4.89. The highest BCUT2D eigenvalue weighted by atomic mass is 16.3.